The highest BCUT2D eigenvalue weighted by molar-refractivity contribution is 6.44. The number of carbonyl (C=O) groups is 2. The molecular formula is C18H15Cl3N2O2. The van der Waals surface area contributed by atoms with Crippen LogP contribution in [0.4, 0.5) is 5.69 Å². The van der Waals surface area contributed by atoms with Gasteiger partial charge in [-0.15, -0.1) is 0 Å². The van der Waals surface area contributed by atoms with Crippen LogP contribution in [0.15, 0.2) is 42.5 Å². The van der Waals surface area contributed by atoms with E-state index >= 15 is 0 Å². The molecule has 2 aromatic rings. The lowest BCUT2D eigenvalue weighted by molar-refractivity contribution is -0.126. The number of carbonyl (C=O) groups excluding carboxylic acids is 2. The van der Waals surface area contributed by atoms with Gasteiger partial charge in [0.2, 0.25) is 11.8 Å². The molecule has 1 saturated heterocycles. The average molecular weight is 398 g/mol. The summed E-state index contributed by atoms with van der Waals surface area (Å²) in [6.07, 6.45) is 0.143. The number of halogens is 3. The Kier molecular flexibility index (Phi) is 5.52. The van der Waals surface area contributed by atoms with E-state index in [9.17, 15) is 9.59 Å². The maximum absolute atomic E-state index is 12.4. The highest BCUT2D eigenvalue weighted by Gasteiger charge is 2.36. The van der Waals surface area contributed by atoms with Crippen molar-refractivity contribution in [3.05, 3.63) is 63.1 Å². The van der Waals surface area contributed by atoms with Gasteiger partial charge in [-0.1, -0.05) is 53.0 Å². The summed E-state index contributed by atoms with van der Waals surface area (Å²) in [6, 6.07) is 12.4. The van der Waals surface area contributed by atoms with Gasteiger partial charge in [0, 0.05) is 24.5 Å². The number of nitrogens with one attached hydrogen (secondary N) is 1. The fourth-order valence-corrected chi connectivity index (χ4v) is 3.41. The van der Waals surface area contributed by atoms with Crippen molar-refractivity contribution in [2.45, 2.75) is 13.0 Å². The molecule has 1 atom stereocenters. The summed E-state index contributed by atoms with van der Waals surface area (Å²) < 4.78 is 0. The van der Waals surface area contributed by atoms with Crippen molar-refractivity contribution < 1.29 is 9.59 Å². The number of rotatable bonds is 4. The van der Waals surface area contributed by atoms with Crippen LogP contribution in [0.1, 0.15) is 12.0 Å². The van der Waals surface area contributed by atoms with E-state index in [4.69, 9.17) is 34.8 Å². The van der Waals surface area contributed by atoms with E-state index in [1.54, 1.807) is 30.3 Å². The Bertz CT molecular complexity index is 826. The maximum Gasteiger partial charge on any atom is 0.227 e. The zero-order chi connectivity index (χ0) is 18.0. The second-order valence-electron chi connectivity index (χ2n) is 5.83. The third-order valence-electron chi connectivity index (χ3n) is 4.07. The SMILES string of the molecule is O=C(NCc1cccc(Cl)c1)[C@H]1CC(=O)N(c2cccc(Cl)c2Cl)C1. The monoisotopic (exact) mass is 396 g/mol. The molecule has 2 amide bonds. The Hall–Kier alpha value is -1.75. The zero-order valence-corrected chi connectivity index (χ0v) is 15.4. The number of amides is 2. The first-order chi connectivity index (χ1) is 12.0. The van der Waals surface area contributed by atoms with Crippen molar-refractivity contribution in [2.24, 2.45) is 5.92 Å². The minimum absolute atomic E-state index is 0.143. The molecular weight excluding hydrogens is 383 g/mol. The lowest BCUT2D eigenvalue weighted by Gasteiger charge is -2.18. The van der Waals surface area contributed by atoms with Crippen LogP contribution in [0.3, 0.4) is 0 Å². The minimum Gasteiger partial charge on any atom is -0.352 e. The van der Waals surface area contributed by atoms with Gasteiger partial charge in [0.1, 0.15) is 0 Å². The van der Waals surface area contributed by atoms with Gasteiger partial charge in [-0.3, -0.25) is 9.59 Å². The third kappa shape index (κ3) is 4.09. The second-order valence-corrected chi connectivity index (χ2v) is 7.05. The van der Waals surface area contributed by atoms with Gasteiger partial charge in [0.25, 0.3) is 0 Å². The first kappa shape index (κ1) is 18.1. The number of hydrogen-bond donors (Lipinski definition) is 1. The van der Waals surface area contributed by atoms with Crippen LogP contribution in [-0.4, -0.2) is 18.4 Å². The van der Waals surface area contributed by atoms with Crippen LogP contribution < -0.4 is 10.2 Å². The summed E-state index contributed by atoms with van der Waals surface area (Å²) in [7, 11) is 0. The first-order valence-electron chi connectivity index (χ1n) is 7.72. The van der Waals surface area contributed by atoms with Crippen LogP contribution in [0, 0.1) is 5.92 Å². The minimum atomic E-state index is -0.429. The average Bonchev–Trinajstić information content (AvgIpc) is 2.97. The van der Waals surface area contributed by atoms with E-state index in [0.29, 0.717) is 27.3 Å². The Labute approximate surface area is 160 Å². The first-order valence-corrected chi connectivity index (χ1v) is 8.85. The largest absolute Gasteiger partial charge is 0.352 e. The molecule has 0 unspecified atom stereocenters. The molecule has 1 aliphatic rings. The summed E-state index contributed by atoms with van der Waals surface area (Å²) in [5.41, 5.74) is 1.43. The predicted octanol–water partition coefficient (Wildman–Crippen LogP) is 4.32. The molecule has 0 saturated carbocycles. The standard InChI is InChI=1S/C18H15Cl3N2O2/c19-13-4-1-3-11(7-13)9-22-18(25)12-8-16(24)23(10-12)15-6-2-5-14(20)17(15)21/h1-7,12H,8-10H2,(H,22,25)/t12-/m0/s1. The Morgan fingerprint density at radius 3 is 2.68 bits per heavy atom. The van der Waals surface area contributed by atoms with Crippen molar-refractivity contribution in [1.82, 2.24) is 5.32 Å². The third-order valence-corrected chi connectivity index (χ3v) is 5.12. The summed E-state index contributed by atoms with van der Waals surface area (Å²) in [5, 5.41) is 4.16. The van der Waals surface area contributed by atoms with E-state index in [0.717, 1.165) is 5.56 Å². The topological polar surface area (TPSA) is 49.4 Å². The number of benzene rings is 2. The van der Waals surface area contributed by atoms with E-state index in [-0.39, 0.29) is 24.8 Å². The fraction of sp³-hybridized carbons (Fsp3) is 0.222. The highest BCUT2D eigenvalue weighted by atomic mass is 35.5. The fourth-order valence-electron chi connectivity index (χ4n) is 2.80. The van der Waals surface area contributed by atoms with Gasteiger partial charge < -0.3 is 10.2 Å². The molecule has 0 bridgehead atoms. The molecule has 130 valence electrons. The molecule has 7 heteroatoms. The normalized spacial score (nSPS) is 17.0. The second kappa shape index (κ2) is 7.65. The van der Waals surface area contributed by atoms with Crippen LogP contribution in [0.5, 0.6) is 0 Å². The Morgan fingerprint density at radius 2 is 1.92 bits per heavy atom. The number of anilines is 1. The molecule has 2 aromatic carbocycles. The Balaban J connectivity index is 1.65. The maximum atomic E-state index is 12.4. The highest BCUT2D eigenvalue weighted by Crippen LogP contribution is 2.35. The van der Waals surface area contributed by atoms with E-state index < -0.39 is 5.92 Å². The van der Waals surface area contributed by atoms with Crippen molar-refractivity contribution in [1.29, 1.82) is 0 Å². The molecule has 0 radical (unpaired) electrons. The molecule has 25 heavy (non-hydrogen) atoms. The zero-order valence-electron chi connectivity index (χ0n) is 13.1. The summed E-state index contributed by atoms with van der Waals surface area (Å²) in [5.74, 6) is -0.747. The molecule has 1 heterocycles. The smallest absolute Gasteiger partial charge is 0.227 e. The van der Waals surface area contributed by atoms with Crippen LogP contribution in [0.25, 0.3) is 0 Å². The molecule has 0 aliphatic carbocycles. The summed E-state index contributed by atoms with van der Waals surface area (Å²) in [6.45, 7) is 0.641. The van der Waals surface area contributed by atoms with Gasteiger partial charge in [-0.05, 0) is 29.8 Å². The van der Waals surface area contributed by atoms with E-state index in [2.05, 4.69) is 5.32 Å². The lowest BCUT2D eigenvalue weighted by atomic mass is 10.1. The van der Waals surface area contributed by atoms with E-state index in [1.807, 2.05) is 12.1 Å². The molecule has 4 nitrogen and oxygen atoms in total. The molecule has 3 rings (SSSR count). The van der Waals surface area contributed by atoms with Crippen molar-refractivity contribution in [3.8, 4) is 0 Å². The van der Waals surface area contributed by atoms with Gasteiger partial charge in [0.15, 0.2) is 0 Å². The molecule has 1 fully saturated rings. The van der Waals surface area contributed by atoms with Crippen LogP contribution in [-0.2, 0) is 16.1 Å². The Morgan fingerprint density at radius 1 is 1.16 bits per heavy atom. The van der Waals surface area contributed by atoms with E-state index in [1.165, 1.54) is 4.90 Å². The van der Waals surface area contributed by atoms with Crippen molar-refractivity contribution in [3.63, 3.8) is 0 Å². The molecule has 1 N–H and O–H groups in total. The lowest BCUT2D eigenvalue weighted by Crippen LogP contribution is -2.32. The van der Waals surface area contributed by atoms with Gasteiger partial charge in [0.05, 0.1) is 21.7 Å². The molecule has 0 aromatic heterocycles. The summed E-state index contributed by atoms with van der Waals surface area (Å²) in [4.78, 5) is 26.2. The van der Waals surface area contributed by atoms with Crippen LogP contribution in [0.2, 0.25) is 15.1 Å². The number of nitrogens with zero attached hydrogens (tertiary/aromatic N) is 1. The van der Waals surface area contributed by atoms with Crippen molar-refractivity contribution in [2.75, 3.05) is 11.4 Å². The number of hydrogen-bond acceptors (Lipinski definition) is 2. The van der Waals surface area contributed by atoms with Gasteiger partial charge in [-0.2, -0.15) is 0 Å². The summed E-state index contributed by atoms with van der Waals surface area (Å²) >= 11 is 18.1. The predicted molar refractivity (Wildman–Crippen MR) is 100 cm³/mol. The van der Waals surface area contributed by atoms with Crippen molar-refractivity contribution >= 4 is 52.3 Å². The van der Waals surface area contributed by atoms with Gasteiger partial charge in [-0.25, -0.2) is 0 Å². The quantitative estimate of drug-likeness (QED) is 0.835. The molecule has 1 aliphatic heterocycles. The van der Waals surface area contributed by atoms with Crippen LogP contribution >= 0.6 is 34.8 Å². The molecule has 0 spiro atoms. The van der Waals surface area contributed by atoms with Gasteiger partial charge >= 0.3 is 0 Å².